The van der Waals surface area contributed by atoms with Crippen LogP contribution in [0.4, 0.5) is 0 Å². The summed E-state index contributed by atoms with van der Waals surface area (Å²) in [6, 6.07) is 17.1. The molecule has 0 saturated carbocycles. The molecule has 0 N–H and O–H groups in total. The highest BCUT2D eigenvalue weighted by Crippen LogP contribution is 2.23. The van der Waals surface area contributed by atoms with Crippen LogP contribution < -0.4 is 0 Å². The Balaban J connectivity index is 1.71. The monoisotopic (exact) mass is 424 g/mol. The lowest BCUT2D eigenvalue weighted by Crippen LogP contribution is -2.24. The van der Waals surface area contributed by atoms with Crippen molar-refractivity contribution >= 4 is 23.4 Å². The van der Waals surface area contributed by atoms with Crippen LogP contribution in [0.3, 0.4) is 0 Å². The van der Waals surface area contributed by atoms with Gasteiger partial charge in [0.2, 0.25) is 5.78 Å². The van der Waals surface area contributed by atoms with Gasteiger partial charge in [0, 0.05) is 5.56 Å². The van der Waals surface area contributed by atoms with Gasteiger partial charge < -0.3 is 4.74 Å². The molecule has 2 aromatic carbocycles. The number of carbonyl (C=O) groups is 2. The molecule has 0 amide bonds. The summed E-state index contributed by atoms with van der Waals surface area (Å²) >= 11 is 6.42. The van der Waals surface area contributed by atoms with Crippen molar-refractivity contribution in [2.24, 2.45) is 0 Å². The number of hydrogen-bond donors (Lipinski definition) is 0. The number of hydrogen-bond acceptors (Lipinski definition) is 4. The van der Waals surface area contributed by atoms with Crippen LogP contribution >= 0.6 is 11.6 Å². The van der Waals surface area contributed by atoms with Crippen LogP contribution in [0.15, 0.2) is 54.6 Å². The van der Waals surface area contributed by atoms with E-state index in [0.29, 0.717) is 17.8 Å². The van der Waals surface area contributed by atoms with E-state index in [1.807, 2.05) is 42.5 Å². The summed E-state index contributed by atoms with van der Waals surface area (Å²) < 4.78 is 6.99. The molecule has 1 heterocycles. The van der Waals surface area contributed by atoms with E-state index in [4.69, 9.17) is 16.3 Å². The molecule has 156 valence electrons. The predicted molar refractivity (Wildman–Crippen MR) is 117 cm³/mol. The molecule has 0 aliphatic heterocycles. The molecule has 3 rings (SSSR count). The van der Waals surface area contributed by atoms with E-state index in [0.717, 1.165) is 18.4 Å². The number of halogens is 1. The minimum absolute atomic E-state index is 0.186. The number of carbonyl (C=O) groups excluding carboxylic acids is 2. The Morgan fingerprint density at radius 3 is 2.37 bits per heavy atom. The number of Topliss-reactive ketones (excluding diaryl/α,β-unsaturated/α-hetero) is 1. The molecule has 0 fully saturated rings. The largest absolute Gasteiger partial charge is 0.451 e. The topological polar surface area (TPSA) is 61.2 Å². The number of ether oxygens (including phenoxy) is 1. The number of aryl methyl sites for hydroxylation is 2. The molecule has 1 atom stereocenters. The van der Waals surface area contributed by atoms with Crippen LogP contribution in [0.2, 0.25) is 5.15 Å². The second-order valence-corrected chi connectivity index (χ2v) is 7.61. The lowest BCUT2D eigenvalue weighted by Gasteiger charge is -2.13. The molecule has 0 saturated heterocycles. The third-order valence-electron chi connectivity index (χ3n) is 4.87. The summed E-state index contributed by atoms with van der Waals surface area (Å²) in [5.41, 5.74) is 3.34. The van der Waals surface area contributed by atoms with Crippen molar-refractivity contribution in [1.29, 1.82) is 0 Å². The van der Waals surface area contributed by atoms with Crippen LogP contribution in [-0.4, -0.2) is 27.6 Å². The van der Waals surface area contributed by atoms with Crippen molar-refractivity contribution in [1.82, 2.24) is 9.78 Å². The highest BCUT2D eigenvalue weighted by atomic mass is 35.5. The maximum atomic E-state index is 12.7. The van der Waals surface area contributed by atoms with Crippen LogP contribution in [0, 0.1) is 6.92 Å². The van der Waals surface area contributed by atoms with Gasteiger partial charge in [-0.1, -0.05) is 79.5 Å². The van der Waals surface area contributed by atoms with Crippen molar-refractivity contribution in [2.45, 2.75) is 46.3 Å². The van der Waals surface area contributed by atoms with E-state index in [9.17, 15) is 9.59 Å². The van der Waals surface area contributed by atoms with E-state index >= 15 is 0 Å². The summed E-state index contributed by atoms with van der Waals surface area (Å²) in [7, 11) is 0. The van der Waals surface area contributed by atoms with E-state index < -0.39 is 12.1 Å². The van der Waals surface area contributed by atoms with Crippen molar-refractivity contribution < 1.29 is 14.3 Å². The molecule has 0 aliphatic carbocycles. The number of benzene rings is 2. The zero-order chi connectivity index (χ0) is 21.7. The Bertz CT molecular complexity index is 1030. The number of rotatable bonds is 8. The average molecular weight is 425 g/mol. The van der Waals surface area contributed by atoms with E-state index in [2.05, 4.69) is 12.0 Å². The first-order valence-electron chi connectivity index (χ1n) is 10.0. The van der Waals surface area contributed by atoms with Gasteiger partial charge in [-0.3, -0.25) is 4.79 Å². The molecule has 0 unspecified atom stereocenters. The summed E-state index contributed by atoms with van der Waals surface area (Å²) in [4.78, 5) is 25.4. The third kappa shape index (κ3) is 4.97. The Labute approximate surface area is 181 Å². The first kappa shape index (κ1) is 21.8. The zero-order valence-electron chi connectivity index (χ0n) is 17.4. The number of esters is 1. The standard InChI is InChI=1S/C24H25ClN2O3/c1-4-8-18-11-13-20(14-12-18)22(28)17(3)30-24(29)21-16(2)26-27(23(21)25)15-19-9-6-5-7-10-19/h5-7,9-14,17H,4,8,15H2,1-3H3/t17-/m1/s1. The van der Waals surface area contributed by atoms with Crippen LogP contribution in [0.25, 0.3) is 0 Å². The minimum atomic E-state index is -0.928. The lowest BCUT2D eigenvalue weighted by atomic mass is 10.0. The molecular formula is C24H25ClN2O3. The Morgan fingerprint density at radius 2 is 1.73 bits per heavy atom. The van der Waals surface area contributed by atoms with Crippen molar-refractivity contribution in [3.05, 3.63) is 87.7 Å². The molecule has 6 heteroatoms. The van der Waals surface area contributed by atoms with Gasteiger partial charge in [-0.2, -0.15) is 5.10 Å². The highest BCUT2D eigenvalue weighted by Gasteiger charge is 2.26. The number of nitrogens with zero attached hydrogens (tertiary/aromatic N) is 2. The second-order valence-electron chi connectivity index (χ2n) is 7.25. The van der Waals surface area contributed by atoms with Crippen LogP contribution in [0.5, 0.6) is 0 Å². The molecule has 1 aromatic heterocycles. The molecule has 0 radical (unpaired) electrons. The maximum absolute atomic E-state index is 12.7. The quantitative estimate of drug-likeness (QED) is 0.365. The SMILES string of the molecule is CCCc1ccc(C(=O)[C@@H](C)OC(=O)c2c(C)nn(Cc3ccccc3)c2Cl)cc1. The summed E-state index contributed by atoms with van der Waals surface area (Å²) in [5.74, 6) is -0.905. The molecule has 3 aromatic rings. The van der Waals surface area contributed by atoms with E-state index in [1.54, 1.807) is 30.7 Å². The summed E-state index contributed by atoms with van der Waals surface area (Å²) in [6.45, 7) is 5.81. The fourth-order valence-electron chi connectivity index (χ4n) is 3.28. The lowest BCUT2D eigenvalue weighted by molar-refractivity contribution is 0.0318. The number of ketones is 1. The Morgan fingerprint density at radius 1 is 1.07 bits per heavy atom. The van der Waals surface area contributed by atoms with Crippen LogP contribution in [0.1, 0.15) is 57.8 Å². The predicted octanol–water partition coefficient (Wildman–Crippen LogP) is 5.27. The molecular weight excluding hydrogens is 400 g/mol. The molecule has 0 aliphatic rings. The summed E-state index contributed by atoms with van der Waals surface area (Å²) in [5, 5.41) is 4.56. The normalized spacial score (nSPS) is 11.9. The van der Waals surface area contributed by atoms with Crippen molar-refractivity contribution in [2.75, 3.05) is 0 Å². The van der Waals surface area contributed by atoms with Gasteiger partial charge in [-0.05, 0) is 31.4 Å². The Hall–Kier alpha value is -2.92. The Kier molecular flexibility index (Phi) is 7.06. The smallest absolute Gasteiger partial charge is 0.343 e. The van der Waals surface area contributed by atoms with Gasteiger partial charge in [0.25, 0.3) is 0 Å². The van der Waals surface area contributed by atoms with Gasteiger partial charge in [0.1, 0.15) is 10.7 Å². The van der Waals surface area contributed by atoms with E-state index in [-0.39, 0.29) is 16.5 Å². The fraction of sp³-hybridized carbons (Fsp3) is 0.292. The highest BCUT2D eigenvalue weighted by molar-refractivity contribution is 6.32. The van der Waals surface area contributed by atoms with Gasteiger partial charge in [-0.25, -0.2) is 9.48 Å². The molecule has 30 heavy (non-hydrogen) atoms. The molecule has 0 bridgehead atoms. The fourth-order valence-corrected chi connectivity index (χ4v) is 3.59. The average Bonchev–Trinajstić information content (AvgIpc) is 3.02. The van der Waals surface area contributed by atoms with Gasteiger partial charge in [0.15, 0.2) is 6.10 Å². The molecule has 0 spiro atoms. The first-order valence-corrected chi connectivity index (χ1v) is 10.4. The number of aromatic nitrogens is 2. The van der Waals surface area contributed by atoms with Gasteiger partial charge >= 0.3 is 5.97 Å². The van der Waals surface area contributed by atoms with E-state index in [1.165, 1.54) is 5.56 Å². The summed E-state index contributed by atoms with van der Waals surface area (Å²) in [6.07, 6.45) is 1.07. The van der Waals surface area contributed by atoms with Crippen molar-refractivity contribution in [3.63, 3.8) is 0 Å². The van der Waals surface area contributed by atoms with Crippen molar-refractivity contribution in [3.8, 4) is 0 Å². The first-order chi connectivity index (χ1) is 14.4. The second kappa shape index (κ2) is 9.72. The van der Waals surface area contributed by atoms with Gasteiger partial charge in [0.05, 0.1) is 12.2 Å². The maximum Gasteiger partial charge on any atom is 0.343 e. The third-order valence-corrected chi connectivity index (χ3v) is 5.26. The van der Waals surface area contributed by atoms with Gasteiger partial charge in [-0.15, -0.1) is 0 Å². The minimum Gasteiger partial charge on any atom is -0.451 e. The van der Waals surface area contributed by atoms with Crippen LogP contribution in [-0.2, 0) is 17.7 Å². The zero-order valence-corrected chi connectivity index (χ0v) is 18.1. The molecule has 5 nitrogen and oxygen atoms in total.